The molecule has 1 aliphatic heterocycles. The molecule has 1 unspecified atom stereocenters. The average molecular weight is 501 g/mol. The van der Waals surface area contributed by atoms with Crippen LogP contribution in [0.15, 0.2) is 30.4 Å². The Morgan fingerprint density at radius 3 is 2.88 bits per heavy atom. The molecular weight excluding hydrogens is 467 g/mol. The molecule has 1 aliphatic carbocycles. The third-order valence-electron chi connectivity index (χ3n) is 6.57. The number of carboxylic acids is 1. The van der Waals surface area contributed by atoms with Crippen LogP contribution in [0.1, 0.15) is 39.0 Å². The van der Waals surface area contributed by atoms with Crippen molar-refractivity contribution in [1.29, 1.82) is 0 Å². The average Bonchev–Trinajstić information content (AvgIpc) is 2.96. The van der Waals surface area contributed by atoms with Gasteiger partial charge in [0.1, 0.15) is 24.3 Å². The summed E-state index contributed by atoms with van der Waals surface area (Å²) < 4.78 is 30.4. The summed E-state index contributed by atoms with van der Waals surface area (Å²) in [5.41, 5.74) is 0. The van der Waals surface area contributed by atoms with Crippen molar-refractivity contribution in [3.8, 4) is 5.75 Å². The fraction of sp³-hybridized carbons (Fsp3) is 0.640. The van der Waals surface area contributed by atoms with Gasteiger partial charge in [-0.25, -0.2) is 9.18 Å². The molecule has 7 atom stereocenters. The van der Waals surface area contributed by atoms with Gasteiger partial charge < -0.3 is 29.5 Å². The lowest BCUT2D eigenvalue weighted by Gasteiger charge is -2.21. The first-order valence-corrected chi connectivity index (χ1v) is 12.2. The maximum Gasteiger partial charge on any atom is 0.332 e. The van der Waals surface area contributed by atoms with Gasteiger partial charge in [0.25, 0.3) is 0 Å². The molecule has 3 rings (SSSR count). The van der Waals surface area contributed by atoms with Gasteiger partial charge >= 0.3 is 5.97 Å². The highest BCUT2D eigenvalue weighted by Gasteiger charge is 2.43. The smallest absolute Gasteiger partial charge is 0.332 e. The minimum Gasteiger partial charge on any atom is -0.490 e. The second-order valence-corrected chi connectivity index (χ2v) is 9.55. The normalized spacial score (nSPS) is 28.9. The number of ether oxygens (including phenoxy) is 3. The molecule has 190 valence electrons. The molecule has 1 heterocycles. The third-order valence-corrected chi connectivity index (χ3v) is 6.86. The highest BCUT2D eigenvalue weighted by Crippen LogP contribution is 2.41. The Bertz CT molecular complexity index is 835. The molecule has 1 aromatic rings. The fourth-order valence-corrected chi connectivity index (χ4v) is 4.87. The molecule has 0 bridgehead atoms. The van der Waals surface area contributed by atoms with E-state index < -0.39 is 30.1 Å². The van der Waals surface area contributed by atoms with Crippen LogP contribution < -0.4 is 4.74 Å². The monoisotopic (exact) mass is 500 g/mol. The summed E-state index contributed by atoms with van der Waals surface area (Å²) in [5.74, 6) is -1.08. The van der Waals surface area contributed by atoms with Gasteiger partial charge in [0.05, 0.1) is 30.4 Å². The minimum atomic E-state index is -0.938. The van der Waals surface area contributed by atoms with Crippen LogP contribution in [0.3, 0.4) is 0 Å². The van der Waals surface area contributed by atoms with E-state index in [0.29, 0.717) is 31.8 Å². The highest BCUT2D eigenvalue weighted by molar-refractivity contribution is 6.30. The minimum absolute atomic E-state index is 0.0339. The highest BCUT2D eigenvalue weighted by atomic mass is 35.5. The maximum absolute atomic E-state index is 13.2. The van der Waals surface area contributed by atoms with Crippen molar-refractivity contribution in [3.63, 3.8) is 0 Å². The van der Waals surface area contributed by atoms with Gasteiger partial charge in [-0.15, -0.1) is 0 Å². The van der Waals surface area contributed by atoms with Crippen molar-refractivity contribution in [3.05, 3.63) is 41.2 Å². The molecule has 1 aromatic carbocycles. The number of aliphatic hydroxyl groups excluding tert-OH is 2. The lowest BCUT2D eigenvalue weighted by atomic mass is 9.87. The first kappa shape index (κ1) is 26.9. The molecule has 0 spiro atoms. The summed E-state index contributed by atoms with van der Waals surface area (Å²) in [4.78, 5) is 11.3. The molecule has 1 saturated carbocycles. The number of aliphatic hydroxyl groups is 2. The van der Waals surface area contributed by atoms with Gasteiger partial charge in [-0.2, -0.15) is 0 Å². The lowest BCUT2D eigenvalue weighted by Crippen LogP contribution is -2.27. The lowest BCUT2D eigenvalue weighted by molar-refractivity contribution is -0.152. The second kappa shape index (κ2) is 12.8. The molecule has 2 aliphatic rings. The van der Waals surface area contributed by atoms with Crippen molar-refractivity contribution in [2.24, 2.45) is 17.8 Å². The first-order chi connectivity index (χ1) is 16.3. The van der Waals surface area contributed by atoms with Crippen LogP contribution >= 0.6 is 11.6 Å². The summed E-state index contributed by atoms with van der Waals surface area (Å²) in [5, 5.41) is 30.1. The molecule has 2 fully saturated rings. The molecule has 3 N–H and O–H groups in total. The molecule has 9 heteroatoms. The maximum atomic E-state index is 13.2. The largest absolute Gasteiger partial charge is 0.490 e. The first-order valence-electron chi connectivity index (χ1n) is 11.9. The number of hydrogen-bond acceptors (Lipinski definition) is 6. The van der Waals surface area contributed by atoms with Crippen LogP contribution in [-0.4, -0.2) is 65.5 Å². The van der Waals surface area contributed by atoms with Crippen LogP contribution in [0.4, 0.5) is 4.39 Å². The van der Waals surface area contributed by atoms with Crippen molar-refractivity contribution in [2.75, 3.05) is 19.8 Å². The Balaban J connectivity index is 1.50. The van der Waals surface area contributed by atoms with Crippen molar-refractivity contribution in [2.45, 2.75) is 63.4 Å². The summed E-state index contributed by atoms with van der Waals surface area (Å²) in [6.45, 7) is 2.70. The van der Waals surface area contributed by atoms with Crippen molar-refractivity contribution in [1.82, 2.24) is 0 Å². The van der Waals surface area contributed by atoms with Crippen molar-refractivity contribution < 1.29 is 38.7 Å². The molecule has 0 amide bonds. The van der Waals surface area contributed by atoms with E-state index in [1.165, 1.54) is 18.2 Å². The zero-order valence-corrected chi connectivity index (χ0v) is 20.1. The molecule has 7 nitrogen and oxygen atoms in total. The van der Waals surface area contributed by atoms with E-state index in [2.05, 4.69) is 0 Å². The molecule has 0 aromatic heterocycles. The molecular formula is C25H34ClFO7. The van der Waals surface area contributed by atoms with Crippen molar-refractivity contribution >= 4 is 17.6 Å². The van der Waals surface area contributed by atoms with E-state index in [1.807, 2.05) is 13.0 Å². The number of hydrogen-bond donors (Lipinski definition) is 3. The second-order valence-electron chi connectivity index (χ2n) is 9.15. The van der Waals surface area contributed by atoms with E-state index >= 15 is 0 Å². The SMILES string of the molecule is CCCC(OC[C@@H]1CC[C@@H]2[C@@H](C=C[C@@H](O)COc3ccc(F)c(Cl)c3)[C@H](O)C[C@@H]2OC1)C(=O)O. The van der Waals surface area contributed by atoms with E-state index in [-0.39, 0.29) is 35.5 Å². The molecule has 1 saturated heterocycles. The van der Waals surface area contributed by atoms with Crippen LogP contribution in [0.2, 0.25) is 5.02 Å². The predicted molar refractivity (Wildman–Crippen MR) is 124 cm³/mol. The van der Waals surface area contributed by atoms with Crippen LogP contribution in [0, 0.1) is 23.6 Å². The van der Waals surface area contributed by atoms with Gasteiger partial charge in [-0.05, 0) is 37.3 Å². The summed E-state index contributed by atoms with van der Waals surface area (Å²) in [6.07, 6.45) is 4.44. The number of benzene rings is 1. The Morgan fingerprint density at radius 1 is 1.38 bits per heavy atom. The van der Waals surface area contributed by atoms with Crippen LogP contribution in [-0.2, 0) is 14.3 Å². The fourth-order valence-electron chi connectivity index (χ4n) is 4.70. The number of carbonyl (C=O) groups is 1. The Morgan fingerprint density at radius 2 is 2.18 bits per heavy atom. The Hall–Kier alpha value is -1.71. The van der Waals surface area contributed by atoms with Gasteiger partial charge in [0.15, 0.2) is 6.10 Å². The zero-order chi connectivity index (χ0) is 24.7. The summed E-state index contributed by atoms with van der Waals surface area (Å²) in [7, 11) is 0. The number of rotatable bonds is 11. The van der Waals surface area contributed by atoms with Crippen LogP contribution in [0.5, 0.6) is 5.75 Å². The van der Waals surface area contributed by atoms with E-state index in [4.69, 9.17) is 25.8 Å². The summed E-state index contributed by atoms with van der Waals surface area (Å²) in [6, 6.07) is 3.99. The molecule has 34 heavy (non-hydrogen) atoms. The van der Waals surface area contributed by atoms with E-state index in [0.717, 1.165) is 19.3 Å². The number of halogens is 2. The van der Waals surface area contributed by atoms with E-state index in [1.54, 1.807) is 6.08 Å². The Kier molecular flexibility index (Phi) is 10.2. The van der Waals surface area contributed by atoms with Gasteiger partial charge in [-0.3, -0.25) is 0 Å². The topological polar surface area (TPSA) is 105 Å². The quantitative estimate of drug-likeness (QED) is 0.396. The Labute approximate surface area is 204 Å². The standard InChI is InChI=1S/C25H34ClFO7/c1-2-3-23(25(30)31)33-12-15-4-7-19-18(22(29)11-24(19)34-13-15)8-5-16(28)14-32-17-6-9-21(27)20(26)10-17/h5-6,8-10,15-16,18-19,22-24,28-29H,2-4,7,11-14H2,1H3,(H,30,31)/t15-,16+,18+,19+,22+,23?,24-/m0/s1. The number of fused-ring (bicyclic) bond motifs is 1. The van der Waals surface area contributed by atoms with Gasteiger partial charge in [-0.1, -0.05) is 37.1 Å². The summed E-state index contributed by atoms with van der Waals surface area (Å²) >= 11 is 5.74. The van der Waals surface area contributed by atoms with Gasteiger partial charge in [0, 0.05) is 24.3 Å². The number of aliphatic carboxylic acids is 1. The number of carboxylic acid groups (broad SMARTS) is 1. The van der Waals surface area contributed by atoms with Crippen LogP contribution in [0.25, 0.3) is 0 Å². The third kappa shape index (κ3) is 7.39. The van der Waals surface area contributed by atoms with Gasteiger partial charge in [0.2, 0.25) is 0 Å². The zero-order valence-electron chi connectivity index (χ0n) is 19.3. The molecule has 0 radical (unpaired) electrons. The predicted octanol–water partition coefficient (Wildman–Crippen LogP) is 3.84. The van der Waals surface area contributed by atoms with E-state index in [9.17, 15) is 24.5 Å².